The second-order valence-electron chi connectivity index (χ2n) is 9.24. The highest BCUT2D eigenvalue weighted by molar-refractivity contribution is 14.1. The maximum Gasteiger partial charge on any atom is 0.244 e. The number of anilines is 1. The number of unbranched alkanes of at least 4 members (excludes halogenated alkanes) is 1. The van der Waals surface area contributed by atoms with Gasteiger partial charge in [-0.1, -0.05) is 55.8 Å². The van der Waals surface area contributed by atoms with Crippen molar-refractivity contribution in [2.45, 2.75) is 38.8 Å². The molecule has 0 spiro atoms. The first-order chi connectivity index (χ1) is 18.6. The van der Waals surface area contributed by atoms with E-state index in [-0.39, 0.29) is 18.9 Å². The van der Waals surface area contributed by atoms with Crippen molar-refractivity contribution in [2.24, 2.45) is 0 Å². The zero-order valence-electron chi connectivity index (χ0n) is 22.0. The van der Waals surface area contributed by atoms with Crippen LogP contribution in [0.25, 0.3) is 0 Å². The lowest BCUT2D eigenvalue weighted by Gasteiger charge is -2.33. The van der Waals surface area contributed by atoms with Crippen LogP contribution in [0.5, 0.6) is 0 Å². The van der Waals surface area contributed by atoms with Crippen molar-refractivity contribution in [1.82, 2.24) is 10.2 Å². The molecule has 208 valence electrons. The van der Waals surface area contributed by atoms with Crippen molar-refractivity contribution in [3.63, 3.8) is 0 Å². The van der Waals surface area contributed by atoms with Crippen LogP contribution in [-0.4, -0.2) is 50.5 Å². The highest BCUT2D eigenvalue weighted by atomic mass is 127. The van der Waals surface area contributed by atoms with Crippen LogP contribution in [0.4, 0.5) is 10.1 Å². The van der Waals surface area contributed by atoms with Crippen molar-refractivity contribution in [1.29, 1.82) is 0 Å². The first-order valence-electron chi connectivity index (χ1n) is 12.7. The van der Waals surface area contributed by atoms with E-state index in [1.54, 1.807) is 36.4 Å². The third-order valence-corrected chi connectivity index (χ3v) is 8.02. The number of nitrogens with one attached hydrogen (secondary N) is 1. The quantitative estimate of drug-likeness (QED) is 0.211. The van der Waals surface area contributed by atoms with Crippen LogP contribution in [0.2, 0.25) is 0 Å². The van der Waals surface area contributed by atoms with E-state index in [0.717, 1.165) is 32.5 Å². The Morgan fingerprint density at radius 3 is 2.18 bits per heavy atom. The van der Waals surface area contributed by atoms with Gasteiger partial charge in [-0.25, -0.2) is 12.8 Å². The van der Waals surface area contributed by atoms with E-state index in [0.29, 0.717) is 17.8 Å². The summed E-state index contributed by atoms with van der Waals surface area (Å²) in [5, 5.41) is 2.93. The van der Waals surface area contributed by atoms with Crippen LogP contribution in [0.3, 0.4) is 0 Å². The Labute approximate surface area is 243 Å². The van der Waals surface area contributed by atoms with Crippen molar-refractivity contribution < 1.29 is 22.4 Å². The second kappa shape index (κ2) is 14.4. The largest absolute Gasteiger partial charge is 0.354 e. The predicted octanol–water partition coefficient (Wildman–Crippen LogP) is 4.75. The molecular weight excluding hydrogens is 632 g/mol. The highest BCUT2D eigenvalue weighted by Gasteiger charge is 2.33. The average molecular weight is 666 g/mol. The van der Waals surface area contributed by atoms with Gasteiger partial charge in [-0.05, 0) is 76.5 Å². The van der Waals surface area contributed by atoms with E-state index in [9.17, 15) is 22.4 Å². The van der Waals surface area contributed by atoms with E-state index in [1.165, 1.54) is 17.0 Å². The summed E-state index contributed by atoms with van der Waals surface area (Å²) < 4.78 is 41.1. The molecule has 0 aliphatic carbocycles. The van der Waals surface area contributed by atoms with Gasteiger partial charge >= 0.3 is 0 Å². The summed E-state index contributed by atoms with van der Waals surface area (Å²) in [6.07, 6.45) is 2.95. The Morgan fingerprint density at radius 2 is 1.59 bits per heavy atom. The van der Waals surface area contributed by atoms with Gasteiger partial charge in [-0.15, -0.1) is 0 Å². The van der Waals surface area contributed by atoms with E-state index in [4.69, 9.17) is 0 Å². The summed E-state index contributed by atoms with van der Waals surface area (Å²) in [4.78, 5) is 28.8. The molecule has 1 N–H and O–H groups in total. The SMILES string of the molecule is CCCCNC(=O)C(Cc1ccccc1)N(Cc1ccc(F)cc1)C(=O)CN(c1ccc(I)cc1)S(C)(=O)=O. The maximum atomic E-state index is 13.9. The first kappa shape index (κ1) is 30.6. The van der Waals surface area contributed by atoms with Crippen LogP contribution >= 0.6 is 22.6 Å². The molecule has 1 atom stereocenters. The lowest BCUT2D eigenvalue weighted by Crippen LogP contribution is -2.53. The van der Waals surface area contributed by atoms with Gasteiger partial charge < -0.3 is 10.2 Å². The summed E-state index contributed by atoms with van der Waals surface area (Å²) in [6.45, 7) is 1.98. The summed E-state index contributed by atoms with van der Waals surface area (Å²) in [6, 6.07) is 20.9. The first-order valence-corrected chi connectivity index (χ1v) is 15.6. The van der Waals surface area contributed by atoms with Crippen molar-refractivity contribution in [3.05, 3.63) is 99.4 Å². The van der Waals surface area contributed by atoms with Crippen molar-refractivity contribution >= 4 is 50.1 Å². The Balaban J connectivity index is 2.01. The average Bonchev–Trinajstić information content (AvgIpc) is 2.91. The molecule has 39 heavy (non-hydrogen) atoms. The predicted molar refractivity (Wildman–Crippen MR) is 160 cm³/mol. The molecule has 0 saturated carbocycles. The van der Waals surface area contributed by atoms with Gasteiger partial charge in [0.05, 0.1) is 11.9 Å². The Hall–Kier alpha value is -2.99. The van der Waals surface area contributed by atoms with E-state index < -0.39 is 34.3 Å². The minimum absolute atomic E-state index is 0.00208. The summed E-state index contributed by atoms with van der Waals surface area (Å²) >= 11 is 2.12. The monoisotopic (exact) mass is 665 g/mol. The molecule has 0 aromatic heterocycles. The maximum absolute atomic E-state index is 13.9. The second-order valence-corrected chi connectivity index (χ2v) is 12.4. The molecule has 3 aromatic rings. The molecule has 1 unspecified atom stereocenters. The third kappa shape index (κ3) is 9.31. The van der Waals surface area contributed by atoms with Crippen LogP contribution in [0, 0.1) is 9.39 Å². The number of benzene rings is 3. The smallest absolute Gasteiger partial charge is 0.244 e. The normalized spacial score (nSPS) is 12.0. The van der Waals surface area contributed by atoms with Crippen LogP contribution in [-0.2, 0) is 32.6 Å². The molecule has 0 bridgehead atoms. The Bertz CT molecular complexity index is 1340. The van der Waals surface area contributed by atoms with Crippen LogP contribution < -0.4 is 9.62 Å². The standard InChI is InChI=1S/C29H33FIN3O4S/c1-3-4-18-32-29(36)27(19-22-8-6-5-7-9-22)33(20-23-10-12-24(30)13-11-23)28(35)21-34(39(2,37)38)26-16-14-25(31)15-17-26/h5-17,27H,3-4,18-21H2,1-2H3,(H,32,36). The third-order valence-electron chi connectivity index (χ3n) is 6.16. The molecule has 0 heterocycles. The molecule has 3 aromatic carbocycles. The zero-order valence-corrected chi connectivity index (χ0v) is 25.0. The number of halogens is 2. The summed E-state index contributed by atoms with van der Waals surface area (Å²) in [7, 11) is -3.83. The van der Waals surface area contributed by atoms with E-state index >= 15 is 0 Å². The number of amides is 2. The lowest BCUT2D eigenvalue weighted by molar-refractivity contribution is -0.140. The van der Waals surface area contributed by atoms with Crippen LogP contribution in [0.15, 0.2) is 78.9 Å². The minimum Gasteiger partial charge on any atom is -0.354 e. The summed E-state index contributed by atoms with van der Waals surface area (Å²) in [5.74, 6) is -1.30. The molecule has 7 nitrogen and oxygen atoms in total. The van der Waals surface area contributed by atoms with Crippen LogP contribution in [0.1, 0.15) is 30.9 Å². The molecule has 10 heteroatoms. The van der Waals surface area contributed by atoms with E-state index in [2.05, 4.69) is 27.9 Å². The highest BCUT2D eigenvalue weighted by Crippen LogP contribution is 2.21. The minimum atomic E-state index is -3.83. The van der Waals surface area contributed by atoms with Gasteiger partial charge in [0.25, 0.3) is 0 Å². The van der Waals surface area contributed by atoms with Gasteiger partial charge in [0.1, 0.15) is 18.4 Å². The zero-order chi connectivity index (χ0) is 28.4. The molecule has 0 aliphatic heterocycles. The number of carbonyl (C=O) groups excluding carboxylic acids is 2. The molecule has 0 fully saturated rings. The van der Waals surface area contributed by atoms with Gasteiger partial charge in [0, 0.05) is 23.1 Å². The molecular formula is C29H33FIN3O4S. The lowest BCUT2D eigenvalue weighted by atomic mass is 10.0. The molecule has 3 rings (SSSR count). The molecule has 0 aliphatic rings. The number of hydrogen-bond acceptors (Lipinski definition) is 4. The van der Waals surface area contributed by atoms with Gasteiger partial charge in [0.15, 0.2) is 0 Å². The topological polar surface area (TPSA) is 86.8 Å². The number of hydrogen-bond donors (Lipinski definition) is 1. The summed E-state index contributed by atoms with van der Waals surface area (Å²) in [5.41, 5.74) is 1.81. The molecule has 0 radical (unpaired) electrons. The van der Waals surface area contributed by atoms with E-state index in [1.807, 2.05) is 37.3 Å². The number of sulfonamides is 1. The van der Waals surface area contributed by atoms with Gasteiger partial charge in [0.2, 0.25) is 21.8 Å². The fourth-order valence-corrected chi connectivity index (χ4v) is 5.28. The fourth-order valence-electron chi connectivity index (χ4n) is 4.07. The number of rotatable bonds is 13. The molecule has 0 saturated heterocycles. The van der Waals surface area contributed by atoms with Gasteiger partial charge in [-0.2, -0.15) is 0 Å². The fraction of sp³-hybridized carbons (Fsp3) is 0.310. The van der Waals surface area contributed by atoms with Crippen molar-refractivity contribution in [2.75, 3.05) is 23.7 Å². The molecule has 2 amide bonds. The Morgan fingerprint density at radius 1 is 0.949 bits per heavy atom. The van der Waals surface area contributed by atoms with Gasteiger partial charge in [-0.3, -0.25) is 13.9 Å². The van der Waals surface area contributed by atoms with Crippen molar-refractivity contribution in [3.8, 4) is 0 Å². The number of carbonyl (C=O) groups is 2. The Kier molecular flexibility index (Phi) is 11.3. The number of nitrogens with zero attached hydrogens (tertiary/aromatic N) is 2.